The number of benzene rings is 7. The van der Waals surface area contributed by atoms with Crippen LogP contribution in [0, 0.1) is 0 Å². The van der Waals surface area contributed by atoms with Gasteiger partial charge in [-0.1, -0.05) is 133 Å². The number of para-hydroxylation sites is 1. The number of pyridine rings is 1. The highest BCUT2D eigenvalue weighted by Crippen LogP contribution is 2.42. The molecule has 10 rings (SSSR count). The third-order valence-corrected chi connectivity index (χ3v) is 9.52. The van der Waals surface area contributed by atoms with Gasteiger partial charge in [-0.15, -0.1) is 0 Å². The lowest BCUT2D eigenvalue weighted by Gasteiger charge is -2.12. The second-order valence-corrected chi connectivity index (χ2v) is 12.6. The van der Waals surface area contributed by atoms with Crippen LogP contribution in [0.3, 0.4) is 0 Å². The molecule has 0 N–H and O–H groups in total. The van der Waals surface area contributed by atoms with E-state index in [1.54, 1.807) is 0 Å². The maximum Gasteiger partial charge on any atom is 0.164 e. The summed E-state index contributed by atoms with van der Waals surface area (Å²) in [7, 11) is 0. The molecular formula is C46H28N4O. The zero-order valence-electron chi connectivity index (χ0n) is 27.4. The molecule has 0 atom stereocenters. The Hall–Kier alpha value is -6.98. The number of aromatic nitrogens is 4. The van der Waals surface area contributed by atoms with Crippen molar-refractivity contribution in [2.24, 2.45) is 0 Å². The molecule has 0 bridgehead atoms. The van der Waals surface area contributed by atoms with E-state index in [9.17, 15) is 0 Å². The van der Waals surface area contributed by atoms with Crippen molar-refractivity contribution < 1.29 is 4.42 Å². The van der Waals surface area contributed by atoms with Crippen molar-refractivity contribution in [2.75, 3.05) is 0 Å². The van der Waals surface area contributed by atoms with E-state index in [2.05, 4.69) is 103 Å². The quantitative estimate of drug-likeness (QED) is 0.173. The normalized spacial score (nSPS) is 11.5. The summed E-state index contributed by atoms with van der Waals surface area (Å²) in [4.78, 5) is 20.5. The second-order valence-electron chi connectivity index (χ2n) is 12.6. The molecule has 238 valence electrons. The first-order chi connectivity index (χ1) is 25.3. The smallest absolute Gasteiger partial charge is 0.164 e. The van der Waals surface area contributed by atoms with E-state index < -0.39 is 0 Å². The lowest BCUT2D eigenvalue weighted by atomic mass is 9.95. The summed E-state index contributed by atoms with van der Waals surface area (Å²) in [6, 6.07) is 57.9. The molecule has 7 aromatic carbocycles. The Morgan fingerprint density at radius 3 is 1.69 bits per heavy atom. The number of rotatable bonds is 5. The molecule has 51 heavy (non-hydrogen) atoms. The Labute approximate surface area is 293 Å². The van der Waals surface area contributed by atoms with Gasteiger partial charge < -0.3 is 4.42 Å². The molecule has 0 saturated heterocycles. The Morgan fingerprint density at radius 2 is 0.922 bits per heavy atom. The van der Waals surface area contributed by atoms with Crippen LogP contribution >= 0.6 is 0 Å². The highest BCUT2D eigenvalue weighted by molar-refractivity contribution is 6.27. The van der Waals surface area contributed by atoms with Crippen LogP contribution in [0.5, 0.6) is 0 Å². The van der Waals surface area contributed by atoms with E-state index in [1.807, 2.05) is 66.7 Å². The third-order valence-electron chi connectivity index (χ3n) is 9.52. The van der Waals surface area contributed by atoms with Gasteiger partial charge in [0.15, 0.2) is 17.5 Å². The van der Waals surface area contributed by atoms with Gasteiger partial charge in [-0.25, -0.2) is 19.9 Å². The van der Waals surface area contributed by atoms with E-state index in [4.69, 9.17) is 24.4 Å². The number of furan rings is 1. The van der Waals surface area contributed by atoms with E-state index >= 15 is 0 Å². The predicted molar refractivity (Wildman–Crippen MR) is 207 cm³/mol. The number of nitrogens with zero attached hydrogens (tertiary/aromatic N) is 4. The molecular weight excluding hydrogens is 625 g/mol. The van der Waals surface area contributed by atoms with Crippen molar-refractivity contribution in [3.05, 3.63) is 170 Å². The van der Waals surface area contributed by atoms with Gasteiger partial charge in [-0.05, 0) is 52.9 Å². The first kappa shape index (κ1) is 29.0. The van der Waals surface area contributed by atoms with Crippen molar-refractivity contribution in [1.29, 1.82) is 0 Å². The average molecular weight is 653 g/mol. The highest BCUT2D eigenvalue weighted by atomic mass is 16.3. The standard InChI is InChI=1S/C46H28N4O/c1-4-14-29(15-5-1)33-20-10-11-22-36(33)46-49-44(31-18-8-3-9-19-31)48-45(50-46)32-24-26-39-37(28-32)41-40(51-39)27-25-35-34-21-12-13-23-38(34)47-43(42(35)41)30-16-6-2-7-17-30/h1-28H. The summed E-state index contributed by atoms with van der Waals surface area (Å²) < 4.78 is 6.52. The van der Waals surface area contributed by atoms with Crippen LogP contribution in [-0.2, 0) is 0 Å². The first-order valence-electron chi connectivity index (χ1n) is 17.0. The molecule has 0 aliphatic rings. The molecule has 5 heteroatoms. The van der Waals surface area contributed by atoms with Crippen molar-refractivity contribution in [3.63, 3.8) is 0 Å². The van der Waals surface area contributed by atoms with Gasteiger partial charge in [-0.3, -0.25) is 0 Å². The highest BCUT2D eigenvalue weighted by Gasteiger charge is 2.20. The number of hydrogen-bond acceptors (Lipinski definition) is 5. The molecule has 0 aliphatic heterocycles. The molecule has 0 saturated carbocycles. The van der Waals surface area contributed by atoms with Crippen LogP contribution in [0.4, 0.5) is 0 Å². The minimum absolute atomic E-state index is 0.588. The largest absolute Gasteiger partial charge is 0.456 e. The molecule has 0 spiro atoms. The monoisotopic (exact) mass is 652 g/mol. The van der Waals surface area contributed by atoms with Gasteiger partial charge in [-0.2, -0.15) is 0 Å². The van der Waals surface area contributed by atoms with Gasteiger partial charge in [0.2, 0.25) is 0 Å². The van der Waals surface area contributed by atoms with Crippen LogP contribution in [0.1, 0.15) is 0 Å². The van der Waals surface area contributed by atoms with E-state index in [0.717, 1.165) is 82.7 Å². The minimum atomic E-state index is 0.588. The zero-order valence-corrected chi connectivity index (χ0v) is 27.4. The summed E-state index contributed by atoms with van der Waals surface area (Å²) in [5, 5.41) is 5.30. The van der Waals surface area contributed by atoms with E-state index in [0.29, 0.717) is 17.5 Å². The summed E-state index contributed by atoms with van der Waals surface area (Å²) in [6.45, 7) is 0. The van der Waals surface area contributed by atoms with Gasteiger partial charge >= 0.3 is 0 Å². The van der Waals surface area contributed by atoms with Crippen molar-refractivity contribution in [2.45, 2.75) is 0 Å². The Balaban J connectivity index is 1.24. The van der Waals surface area contributed by atoms with E-state index in [-0.39, 0.29) is 0 Å². The summed E-state index contributed by atoms with van der Waals surface area (Å²) >= 11 is 0. The third kappa shape index (κ3) is 4.94. The molecule has 3 aromatic heterocycles. The van der Waals surface area contributed by atoms with Crippen LogP contribution < -0.4 is 0 Å². The first-order valence-corrected chi connectivity index (χ1v) is 17.0. The van der Waals surface area contributed by atoms with Crippen LogP contribution in [-0.4, -0.2) is 19.9 Å². The second kappa shape index (κ2) is 11.9. The molecule has 0 radical (unpaired) electrons. The Kier molecular flexibility index (Phi) is 6.74. The SMILES string of the molecule is c1ccc(-c2nc(-c3ccc4oc5ccc6c7ccccc7nc(-c7ccccc7)c6c5c4c3)nc(-c3ccccc3-c3ccccc3)n2)cc1. The molecule has 0 aliphatic carbocycles. The van der Waals surface area contributed by atoms with E-state index in [1.165, 1.54) is 0 Å². The minimum Gasteiger partial charge on any atom is -0.456 e. The Bertz CT molecular complexity index is 2900. The zero-order chi connectivity index (χ0) is 33.7. The fourth-order valence-corrected chi connectivity index (χ4v) is 7.15. The van der Waals surface area contributed by atoms with Gasteiger partial charge in [0.25, 0.3) is 0 Å². The summed E-state index contributed by atoms with van der Waals surface area (Å²) in [6.07, 6.45) is 0. The fourth-order valence-electron chi connectivity index (χ4n) is 7.15. The topological polar surface area (TPSA) is 64.7 Å². The maximum absolute atomic E-state index is 6.52. The van der Waals surface area contributed by atoms with Gasteiger partial charge in [0, 0.05) is 43.8 Å². The Morgan fingerprint density at radius 1 is 0.333 bits per heavy atom. The molecule has 0 amide bonds. The van der Waals surface area contributed by atoms with Crippen molar-refractivity contribution in [3.8, 4) is 56.5 Å². The van der Waals surface area contributed by atoms with Crippen molar-refractivity contribution in [1.82, 2.24) is 19.9 Å². The molecule has 0 unspecified atom stereocenters. The summed E-state index contributed by atoms with van der Waals surface area (Å²) in [5.41, 5.74) is 9.43. The maximum atomic E-state index is 6.52. The van der Waals surface area contributed by atoms with Crippen LogP contribution in [0.25, 0.3) is 100 Å². The van der Waals surface area contributed by atoms with Crippen molar-refractivity contribution >= 4 is 43.6 Å². The molecule has 10 aromatic rings. The van der Waals surface area contributed by atoms with Crippen LogP contribution in [0.2, 0.25) is 0 Å². The number of fused-ring (bicyclic) bond motifs is 7. The predicted octanol–water partition coefficient (Wildman–Crippen LogP) is 11.8. The van der Waals surface area contributed by atoms with Crippen LogP contribution in [0.15, 0.2) is 174 Å². The van der Waals surface area contributed by atoms with Gasteiger partial charge in [0.05, 0.1) is 11.2 Å². The number of hydrogen-bond donors (Lipinski definition) is 0. The summed E-state index contributed by atoms with van der Waals surface area (Å²) in [5.74, 6) is 1.82. The average Bonchev–Trinajstić information content (AvgIpc) is 3.59. The lowest BCUT2D eigenvalue weighted by molar-refractivity contribution is 0.669. The van der Waals surface area contributed by atoms with Gasteiger partial charge in [0.1, 0.15) is 11.2 Å². The fraction of sp³-hybridized carbons (Fsp3) is 0. The molecule has 0 fully saturated rings. The lowest BCUT2D eigenvalue weighted by Crippen LogP contribution is -2.01. The molecule has 3 heterocycles. The molecule has 5 nitrogen and oxygen atoms in total.